The maximum atomic E-state index is 3.45. The predicted octanol–water partition coefficient (Wildman–Crippen LogP) is 2.59. The van der Waals surface area contributed by atoms with Gasteiger partial charge in [-0.2, -0.15) is 11.8 Å². The summed E-state index contributed by atoms with van der Waals surface area (Å²) in [4.78, 5) is 2.68. The second-order valence-electron chi connectivity index (χ2n) is 6.22. The quantitative estimate of drug-likeness (QED) is 0.832. The van der Waals surface area contributed by atoms with Crippen molar-refractivity contribution in [3.63, 3.8) is 0 Å². The van der Waals surface area contributed by atoms with Crippen LogP contribution in [0.2, 0.25) is 0 Å². The Morgan fingerprint density at radius 1 is 1.29 bits per heavy atom. The molecule has 0 amide bonds. The van der Waals surface area contributed by atoms with Crippen molar-refractivity contribution in [2.45, 2.75) is 44.3 Å². The van der Waals surface area contributed by atoms with Crippen molar-refractivity contribution in [1.29, 1.82) is 0 Å². The van der Waals surface area contributed by atoms with Gasteiger partial charge in [0.15, 0.2) is 0 Å². The van der Waals surface area contributed by atoms with E-state index in [0.717, 1.165) is 5.92 Å². The topological polar surface area (TPSA) is 15.3 Å². The van der Waals surface area contributed by atoms with Crippen LogP contribution in [0.3, 0.4) is 0 Å². The number of thioether (sulfide) groups is 1. The second kappa shape index (κ2) is 6.44. The summed E-state index contributed by atoms with van der Waals surface area (Å²) in [5.41, 5.74) is 0. The van der Waals surface area contributed by atoms with E-state index >= 15 is 0 Å². The van der Waals surface area contributed by atoms with Crippen LogP contribution in [0.4, 0.5) is 0 Å². The highest BCUT2D eigenvalue weighted by molar-refractivity contribution is 8.00. The summed E-state index contributed by atoms with van der Waals surface area (Å²) < 4.78 is 0.479. The number of nitrogens with one attached hydrogen (secondary N) is 1. The van der Waals surface area contributed by atoms with E-state index in [1.807, 2.05) is 0 Å². The summed E-state index contributed by atoms with van der Waals surface area (Å²) in [6.45, 7) is 11.2. The van der Waals surface area contributed by atoms with E-state index in [-0.39, 0.29) is 0 Å². The van der Waals surface area contributed by atoms with Crippen LogP contribution in [0.5, 0.6) is 0 Å². The van der Waals surface area contributed by atoms with Crippen LogP contribution >= 0.6 is 11.8 Å². The molecule has 2 aliphatic heterocycles. The normalized spacial score (nSPS) is 27.2. The Hall–Kier alpha value is 0.270. The summed E-state index contributed by atoms with van der Waals surface area (Å²) in [6.07, 6.45) is 5.67. The molecule has 0 spiro atoms. The second-order valence-corrected chi connectivity index (χ2v) is 8.02. The molecule has 0 aromatic heterocycles. The van der Waals surface area contributed by atoms with Crippen molar-refractivity contribution in [3.05, 3.63) is 0 Å². The Morgan fingerprint density at radius 3 is 2.76 bits per heavy atom. The Balaban J connectivity index is 1.61. The van der Waals surface area contributed by atoms with Crippen LogP contribution in [-0.4, -0.2) is 48.1 Å². The Kier molecular flexibility index (Phi) is 5.19. The van der Waals surface area contributed by atoms with Gasteiger partial charge in [0.1, 0.15) is 0 Å². The third-order valence-electron chi connectivity index (χ3n) is 4.05. The maximum absolute atomic E-state index is 3.45. The van der Waals surface area contributed by atoms with Gasteiger partial charge in [0.25, 0.3) is 0 Å². The van der Waals surface area contributed by atoms with Crippen molar-refractivity contribution in [2.75, 3.05) is 38.5 Å². The third-order valence-corrected chi connectivity index (χ3v) is 5.35. The lowest BCUT2D eigenvalue weighted by molar-refractivity contribution is 0.241. The molecule has 1 N–H and O–H groups in total. The van der Waals surface area contributed by atoms with Gasteiger partial charge in [-0.1, -0.05) is 0 Å². The molecule has 0 bridgehead atoms. The largest absolute Gasteiger partial charge is 0.317 e. The highest BCUT2D eigenvalue weighted by atomic mass is 32.2. The first kappa shape index (κ1) is 13.7. The SMILES string of the molecule is CC1(C)CN(CCCC2CCNCC2)CCS1. The van der Waals surface area contributed by atoms with Gasteiger partial charge in [-0.15, -0.1) is 0 Å². The molecule has 0 radical (unpaired) electrons. The average Bonchev–Trinajstić information content (AvgIpc) is 2.29. The van der Waals surface area contributed by atoms with Crippen molar-refractivity contribution >= 4 is 11.8 Å². The van der Waals surface area contributed by atoms with E-state index in [2.05, 4.69) is 35.8 Å². The highest BCUT2D eigenvalue weighted by Gasteiger charge is 2.26. The summed E-state index contributed by atoms with van der Waals surface area (Å²) in [6, 6.07) is 0. The molecule has 17 heavy (non-hydrogen) atoms. The fourth-order valence-electron chi connectivity index (χ4n) is 3.08. The summed E-state index contributed by atoms with van der Waals surface area (Å²) in [5, 5.41) is 3.45. The molecule has 0 unspecified atom stereocenters. The Bertz CT molecular complexity index is 224. The minimum absolute atomic E-state index is 0.479. The van der Waals surface area contributed by atoms with E-state index in [0.29, 0.717) is 4.75 Å². The Morgan fingerprint density at radius 2 is 2.06 bits per heavy atom. The zero-order valence-electron chi connectivity index (χ0n) is 11.5. The van der Waals surface area contributed by atoms with Gasteiger partial charge in [-0.25, -0.2) is 0 Å². The van der Waals surface area contributed by atoms with E-state index in [1.54, 1.807) is 0 Å². The van der Waals surface area contributed by atoms with Crippen molar-refractivity contribution < 1.29 is 0 Å². The molecule has 0 aromatic rings. The molecule has 0 atom stereocenters. The van der Waals surface area contributed by atoms with Crippen LogP contribution in [0.1, 0.15) is 39.5 Å². The van der Waals surface area contributed by atoms with Gasteiger partial charge in [-0.05, 0) is 65.1 Å². The van der Waals surface area contributed by atoms with Crippen molar-refractivity contribution in [1.82, 2.24) is 10.2 Å². The molecular weight excluding hydrogens is 228 g/mol. The number of piperidine rings is 1. The molecule has 2 nitrogen and oxygen atoms in total. The number of hydrogen-bond donors (Lipinski definition) is 1. The molecule has 0 saturated carbocycles. The lowest BCUT2D eigenvalue weighted by atomic mass is 9.93. The molecule has 0 aromatic carbocycles. The molecule has 2 heterocycles. The maximum Gasteiger partial charge on any atom is 0.0231 e. The van der Waals surface area contributed by atoms with Crippen molar-refractivity contribution in [3.8, 4) is 0 Å². The first-order valence-electron chi connectivity index (χ1n) is 7.23. The molecular formula is C14H28N2S. The predicted molar refractivity (Wildman–Crippen MR) is 77.8 cm³/mol. The first-order valence-corrected chi connectivity index (χ1v) is 8.21. The molecule has 100 valence electrons. The van der Waals surface area contributed by atoms with Gasteiger partial charge in [0.05, 0.1) is 0 Å². The average molecular weight is 256 g/mol. The first-order chi connectivity index (χ1) is 8.16. The number of hydrogen-bond acceptors (Lipinski definition) is 3. The molecule has 2 fully saturated rings. The van der Waals surface area contributed by atoms with Gasteiger partial charge < -0.3 is 10.2 Å². The lowest BCUT2D eigenvalue weighted by Gasteiger charge is -2.37. The van der Waals surface area contributed by atoms with Crippen molar-refractivity contribution in [2.24, 2.45) is 5.92 Å². The standard InChI is InChI=1S/C14H28N2S/c1-14(2)12-16(10-11-17-14)9-3-4-13-5-7-15-8-6-13/h13,15H,3-12H2,1-2H3. The minimum Gasteiger partial charge on any atom is -0.317 e. The number of rotatable bonds is 4. The number of nitrogens with zero attached hydrogens (tertiary/aromatic N) is 1. The molecule has 0 aliphatic carbocycles. The van der Waals surface area contributed by atoms with Gasteiger partial charge in [-0.3, -0.25) is 0 Å². The zero-order chi connectivity index (χ0) is 12.1. The Labute approximate surface area is 111 Å². The third kappa shape index (κ3) is 4.80. The molecule has 2 rings (SSSR count). The van der Waals surface area contributed by atoms with Gasteiger partial charge in [0, 0.05) is 23.6 Å². The molecule has 2 aliphatic rings. The summed E-state index contributed by atoms with van der Waals surface area (Å²) >= 11 is 2.14. The van der Waals surface area contributed by atoms with E-state index in [4.69, 9.17) is 0 Å². The van der Waals surface area contributed by atoms with E-state index < -0.39 is 0 Å². The summed E-state index contributed by atoms with van der Waals surface area (Å²) in [5.74, 6) is 2.32. The van der Waals surface area contributed by atoms with Crippen LogP contribution in [0.15, 0.2) is 0 Å². The summed E-state index contributed by atoms with van der Waals surface area (Å²) in [7, 11) is 0. The van der Waals surface area contributed by atoms with Crippen LogP contribution in [0, 0.1) is 5.92 Å². The van der Waals surface area contributed by atoms with Crippen LogP contribution in [0.25, 0.3) is 0 Å². The molecule has 3 heteroatoms. The minimum atomic E-state index is 0.479. The van der Waals surface area contributed by atoms with Gasteiger partial charge >= 0.3 is 0 Å². The van der Waals surface area contributed by atoms with Crippen LogP contribution < -0.4 is 5.32 Å². The zero-order valence-corrected chi connectivity index (χ0v) is 12.3. The monoisotopic (exact) mass is 256 g/mol. The fourth-order valence-corrected chi connectivity index (χ4v) is 4.25. The smallest absolute Gasteiger partial charge is 0.0231 e. The van der Waals surface area contributed by atoms with E-state index in [9.17, 15) is 0 Å². The fraction of sp³-hybridized carbons (Fsp3) is 1.00. The highest BCUT2D eigenvalue weighted by Crippen LogP contribution is 2.29. The lowest BCUT2D eigenvalue weighted by Crippen LogP contribution is -2.43. The van der Waals surface area contributed by atoms with Crippen LogP contribution in [-0.2, 0) is 0 Å². The van der Waals surface area contributed by atoms with E-state index in [1.165, 1.54) is 64.2 Å². The van der Waals surface area contributed by atoms with Gasteiger partial charge in [0.2, 0.25) is 0 Å². The molecule has 2 saturated heterocycles.